The van der Waals surface area contributed by atoms with Gasteiger partial charge in [0.05, 0.1) is 17.2 Å². The van der Waals surface area contributed by atoms with Crippen LogP contribution in [0.5, 0.6) is 5.75 Å². The number of rotatable bonds is 7. The molecule has 12 heteroatoms. The van der Waals surface area contributed by atoms with E-state index in [9.17, 15) is 18.0 Å². The molecule has 2 heterocycles. The number of nitrogens with one attached hydrogen (secondary N) is 1. The molecule has 2 atom stereocenters. The average Bonchev–Trinajstić information content (AvgIpc) is 3.29. The highest BCUT2D eigenvalue weighted by Crippen LogP contribution is 2.34. The number of ether oxygens (including phenoxy) is 1. The number of aromatic nitrogens is 4. The van der Waals surface area contributed by atoms with E-state index in [-0.39, 0.29) is 11.3 Å². The molecule has 0 saturated heterocycles. The average molecular weight is 555 g/mol. The van der Waals surface area contributed by atoms with Crippen LogP contribution in [-0.2, 0) is 6.18 Å². The SMILES string of the molecule is Cc1nc(C(C)NC(=O)c2cc(OC(C)c3cccc(Cl)c3)cc(C(F)(F)F)c2)n(-c2ccc(C#N)cn2)n1. The van der Waals surface area contributed by atoms with E-state index in [0.29, 0.717) is 33.6 Å². The van der Waals surface area contributed by atoms with Crippen molar-refractivity contribution in [3.63, 3.8) is 0 Å². The molecule has 0 aliphatic rings. The lowest BCUT2D eigenvalue weighted by atomic mass is 10.1. The number of amides is 1. The highest BCUT2D eigenvalue weighted by molar-refractivity contribution is 6.30. The maximum absolute atomic E-state index is 13.7. The van der Waals surface area contributed by atoms with Gasteiger partial charge in [0, 0.05) is 16.8 Å². The Balaban J connectivity index is 1.61. The molecule has 8 nitrogen and oxygen atoms in total. The number of benzene rings is 2. The zero-order valence-corrected chi connectivity index (χ0v) is 21.7. The molecule has 0 radical (unpaired) electrons. The van der Waals surface area contributed by atoms with E-state index in [1.165, 1.54) is 16.9 Å². The standard InChI is InChI=1S/C27H22ClF3N6O2/c1-15(25-35-17(3)36-37(25)24-8-7-18(13-32)14-33-24)34-26(38)20-9-21(27(29,30)31)12-23(11-20)39-16(2)19-5-4-6-22(28)10-19/h4-12,14-16H,1-3H3,(H,34,38). The summed E-state index contributed by atoms with van der Waals surface area (Å²) < 4.78 is 48.3. The number of carbonyl (C=O) groups is 1. The minimum absolute atomic E-state index is 0.129. The lowest BCUT2D eigenvalue weighted by molar-refractivity contribution is -0.137. The van der Waals surface area contributed by atoms with Gasteiger partial charge in [-0.25, -0.2) is 9.97 Å². The first-order valence-corrected chi connectivity index (χ1v) is 12.1. The van der Waals surface area contributed by atoms with E-state index < -0.39 is 29.8 Å². The van der Waals surface area contributed by atoms with Crippen LogP contribution in [-0.4, -0.2) is 25.7 Å². The molecule has 200 valence electrons. The van der Waals surface area contributed by atoms with Crippen molar-refractivity contribution in [1.29, 1.82) is 5.26 Å². The predicted octanol–water partition coefficient (Wildman–Crippen LogP) is 6.15. The van der Waals surface area contributed by atoms with E-state index >= 15 is 0 Å². The number of halogens is 4. The molecule has 1 amide bonds. The van der Waals surface area contributed by atoms with Crippen LogP contribution in [0.15, 0.2) is 60.8 Å². The van der Waals surface area contributed by atoms with E-state index in [1.54, 1.807) is 57.2 Å². The number of carbonyl (C=O) groups excluding carboxylic acids is 1. The molecule has 0 fully saturated rings. The fourth-order valence-electron chi connectivity index (χ4n) is 3.80. The molecular weight excluding hydrogens is 533 g/mol. The normalized spacial score (nSPS) is 12.9. The first kappa shape index (κ1) is 27.6. The summed E-state index contributed by atoms with van der Waals surface area (Å²) in [6.45, 7) is 4.93. The van der Waals surface area contributed by atoms with Gasteiger partial charge in [0.15, 0.2) is 11.6 Å². The zero-order valence-electron chi connectivity index (χ0n) is 21.0. The Morgan fingerprint density at radius 1 is 1.15 bits per heavy atom. The van der Waals surface area contributed by atoms with Gasteiger partial charge in [0.25, 0.3) is 5.91 Å². The van der Waals surface area contributed by atoms with Crippen molar-refractivity contribution in [2.75, 3.05) is 0 Å². The van der Waals surface area contributed by atoms with Crippen LogP contribution in [0.2, 0.25) is 5.02 Å². The Morgan fingerprint density at radius 3 is 2.56 bits per heavy atom. The summed E-state index contributed by atoms with van der Waals surface area (Å²) in [5.74, 6) is 0.151. The Labute approximate surface area is 227 Å². The summed E-state index contributed by atoms with van der Waals surface area (Å²) in [7, 11) is 0. The highest BCUT2D eigenvalue weighted by atomic mass is 35.5. The van der Waals surface area contributed by atoms with Gasteiger partial charge in [0.2, 0.25) is 0 Å². The minimum Gasteiger partial charge on any atom is -0.486 e. The van der Waals surface area contributed by atoms with Crippen LogP contribution in [0, 0.1) is 18.3 Å². The maximum Gasteiger partial charge on any atom is 0.416 e. The van der Waals surface area contributed by atoms with Crippen molar-refractivity contribution in [1.82, 2.24) is 25.1 Å². The van der Waals surface area contributed by atoms with Crippen LogP contribution < -0.4 is 10.1 Å². The molecule has 0 aliphatic heterocycles. The Kier molecular flexibility index (Phi) is 7.88. The fourth-order valence-corrected chi connectivity index (χ4v) is 3.99. The summed E-state index contributed by atoms with van der Waals surface area (Å²) in [5.41, 5.74) is -0.266. The van der Waals surface area contributed by atoms with E-state index in [2.05, 4.69) is 20.4 Å². The van der Waals surface area contributed by atoms with Crippen LogP contribution in [0.3, 0.4) is 0 Å². The lowest BCUT2D eigenvalue weighted by Crippen LogP contribution is -2.29. The number of hydrogen-bond donors (Lipinski definition) is 1. The van der Waals surface area contributed by atoms with Gasteiger partial charge >= 0.3 is 6.18 Å². The lowest BCUT2D eigenvalue weighted by Gasteiger charge is -2.19. The molecule has 0 bridgehead atoms. The number of hydrogen-bond acceptors (Lipinski definition) is 6. The number of nitrogens with zero attached hydrogens (tertiary/aromatic N) is 5. The van der Waals surface area contributed by atoms with Gasteiger partial charge in [-0.1, -0.05) is 23.7 Å². The number of nitriles is 1. The third-order valence-corrected chi connectivity index (χ3v) is 5.93. The molecule has 39 heavy (non-hydrogen) atoms. The summed E-state index contributed by atoms with van der Waals surface area (Å²) in [6, 6.07) is 14.0. The van der Waals surface area contributed by atoms with Crippen LogP contribution >= 0.6 is 11.6 Å². The predicted molar refractivity (Wildman–Crippen MR) is 136 cm³/mol. The topological polar surface area (TPSA) is 106 Å². The third-order valence-electron chi connectivity index (χ3n) is 5.69. The summed E-state index contributed by atoms with van der Waals surface area (Å²) in [4.78, 5) is 21.7. The Bertz CT molecular complexity index is 1550. The summed E-state index contributed by atoms with van der Waals surface area (Å²) in [5, 5.41) is 16.4. The van der Waals surface area contributed by atoms with E-state index in [0.717, 1.165) is 12.1 Å². The first-order valence-electron chi connectivity index (χ1n) is 11.7. The molecule has 2 unspecified atom stereocenters. The largest absolute Gasteiger partial charge is 0.486 e. The zero-order chi connectivity index (χ0) is 28.3. The van der Waals surface area contributed by atoms with Gasteiger partial charge in [0.1, 0.15) is 23.7 Å². The smallest absolute Gasteiger partial charge is 0.416 e. The second kappa shape index (κ2) is 11.1. The van der Waals surface area contributed by atoms with Gasteiger partial charge < -0.3 is 10.1 Å². The van der Waals surface area contributed by atoms with Crippen molar-refractivity contribution in [3.05, 3.63) is 99.7 Å². The van der Waals surface area contributed by atoms with E-state index in [4.69, 9.17) is 21.6 Å². The Hall–Kier alpha value is -4.43. The minimum atomic E-state index is -4.71. The first-order chi connectivity index (χ1) is 18.4. The third kappa shape index (κ3) is 6.53. The van der Waals surface area contributed by atoms with Crippen LogP contribution in [0.1, 0.15) is 64.7 Å². The molecule has 0 aliphatic carbocycles. The second-order valence-corrected chi connectivity index (χ2v) is 9.14. The summed E-state index contributed by atoms with van der Waals surface area (Å²) in [6.07, 6.45) is -3.98. The second-order valence-electron chi connectivity index (χ2n) is 8.70. The molecule has 2 aromatic carbocycles. The quantitative estimate of drug-likeness (QED) is 0.294. The highest BCUT2D eigenvalue weighted by Gasteiger charge is 2.32. The van der Waals surface area contributed by atoms with Crippen molar-refractivity contribution < 1.29 is 22.7 Å². The monoisotopic (exact) mass is 554 g/mol. The Morgan fingerprint density at radius 2 is 1.92 bits per heavy atom. The van der Waals surface area contributed by atoms with Gasteiger partial charge in [-0.05, 0) is 68.8 Å². The molecule has 1 N–H and O–H groups in total. The molecule has 0 spiro atoms. The molecule has 4 aromatic rings. The van der Waals surface area contributed by atoms with Crippen LogP contribution in [0.25, 0.3) is 5.82 Å². The fraction of sp³-hybridized carbons (Fsp3) is 0.222. The molecule has 2 aromatic heterocycles. The van der Waals surface area contributed by atoms with Crippen molar-refractivity contribution in [2.24, 2.45) is 0 Å². The van der Waals surface area contributed by atoms with Crippen molar-refractivity contribution >= 4 is 17.5 Å². The van der Waals surface area contributed by atoms with Gasteiger partial charge in [-0.3, -0.25) is 4.79 Å². The van der Waals surface area contributed by atoms with Gasteiger partial charge in [-0.15, -0.1) is 5.10 Å². The van der Waals surface area contributed by atoms with Crippen molar-refractivity contribution in [3.8, 4) is 17.6 Å². The molecule has 4 rings (SSSR count). The van der Waals surface area contributed by atoms with Gasteiger partial charge in [-0.2, -0.15) is 23.1 Å². The summed E-state index contributed by atoms with van der Waals surface area (Å²) >= 11 is 6.02. The number of aryl methyl sites for hydroxylation is 1. The molecule has 0 saturated carbocycles. The number of alkyl halides is 3. The van der Waals surface area contributed by atoms with Crippen molar-refractivity contribution in [2.45, 2.75) is 39.1 Å². The maximum atomic E-state index is 13.7. The van der Waals surface area contributed by atoms with Crippen LogP contribution in [0.4, 0.5) is 13.2 Å². The van der Waals surface area contributed by atoms with E-state index in [1.807, 2.05) is 6.07 Å². The number of pyridine rings is 1. The molecular formula is C27H22ClF3N6O2.